The molecule has 1 aromatic heterocycles. The first-order chi connectivity index (χ1) is 11.6. The number of aromatic nitrogens is 2. The van der Waals surface area contributed by atoms with E-state index in [9.17, 15) is 4.79 Å². The van der Waals surface area contributed by atoms with Gasteiger partial charge in [-0.3, -0.25) is 9.48 Å². The molecule has 0 fully saturated rings. The van der Waals surface area contributed by atoms with Crippen LogP contribution in [0.1, 0.15) is 12.5 Å². The lowest BCUT2D eigenvalue weighted by atomic mass is 10.2. The van der Waals surface area contributed by atoms with Crippen LogP contribution >= 0.6 is 0 Å². The Kier molecular flexibility index (Phi) is 6.57. The molecule has 0 radical (unpaired) electrons. The summed E-state index contributed by atoms with van der Waals surface area (Å²) in [6.45, 7) is 4.19. The van der Waals surface area contributed by atoms with E-state index < -0.39 is 0 Å². The molecule has 2 aromatic rings. The number of likely N-dealkylation sites (N-methyl/N-ethyl adjacent to an activating group) is 1. The Labute approximate surface area is 142 Å². The van der Waals surface area contributed by atoms with Crippen LogP contribution in [0.25, 0.3) is 6.08 Å². The summed E-state index contributed by atoms with van der Waals surface area (Å²) in [6, 6.07) is 7.61. The van der Waals surface area contributed by atoms with Gasteiger partial charge in [-0.05, 0) is 33.2 Å². The van der Waals surface area contributed by atoms with Gasteiger partial charge in [-0.15, -0.1) is 0 Å². The monoisotopic (exact) mass is 328 g/mol. The molecule has 24 heavy (non-hydrogen) atoms. The summed E-state index contributed by atoms with van der Waals surface area (Å²) in [5, 5.41) is 7.04. The fourth-order valence-corrected chi connectivity index (χ4v) is 2.11. The van der Waals surface area contributed by atoms with Crippen molar-refractivity contribution in [2.24, 2.45) is 0 Å². The maximum Gasteiger partial charge on any atom is 0.248 e. The first kappa shape index (κ1) is 17.7. The summed E-state index contributed by atoms with van der Waals surface area (Å²) in [6.07, 6.45) is 6.71. The maximum atomic E-state index is 12.0. The Morgan fingerprint density at radius 2 is 2.17 bits per heavy atom. The third kappa shape index (κ3) is 5.55. The highest BCUT2D eigenvalue weighted by Gasteiger charge is 2.03. The van der Waals surface area contributed by atoms with Crippen LogP contribution in [-0.4, -0.2) is 47.8 Å². The van der Waals surface area contributed by atoms with Crippen molar-refractivity contribution in [3.05, 3.63) is 48.3 Å². The Morgan fingerprint density at radius 1 is 1.38 bits per heavy atom. The molecule has 0 saturated heterocycles. The molecule has 0 bridgehead atoms. The molecular weight excluding hydrogens is 304 g/mol. The Morgan fingerprint density at radius 3 is 2.92 bits per heavy atom. The topological polar surface area (TPSA) is 59.4 Å². The van der Waals surface area contributed by atoms with Crippen molar-refractivity contribution in [2.75, 3.05) is 32.6 Å². The summed E-state index contributed by atoms with van der Waals surface area (Å²) >= 11 is 0. The molecular formula is C18H24N4O2. The minimum atomic E-state index is -0.200. The van der Waals surface area contributed by atoms with Crippen LogP contribution < -0.4 is 10.1 Å². The molecule has 128 valence electrons. The third-order valence-corrected chi connectivity index (χ3v) is 3.31. The molecule has 0 saturated carbocycles. The number of benzene rings is 1. The van der Waals surface area contributed by atoms with Crippen LogP contribution in [0.5, 0.6) is 5.75 Å². The SMILES string of the molecule is CCOc1ccccc1C=CC(=O)Nc1cnn(CCN(C)C)c1. The lowest BCUT2D eigenvalue weighted by Crippen LogP contribution is -2.18. The summed E-state index contributed by atoms with van der Waals surface area (Å²) in [4.78, 5) is 14.1. The Bertz CT molecular complexity index is 692. The highest BCUT2D eigenvalue weighted by Crippen LogP contribution is 2.19. The van der Waals surface area contributed by atoms with Gasteiger partial charge in [0.05, 0.1) is 25.0 Å². The molecule has 6 heteroatoms. The number of carbonyl (C=O) groups is 1. The van der Waals surface area contributed by atoms with Crippen molar-refractivity contribution in [3.63, 3.8) is 0 Å². The van der Waals surface area contributed by atoms with E-state index in [1.165, 1.54) is 6.08 Å². The Balaban J connectivity index is 1.93. The number of hydrogen-bond donors (Lipinski definition) is 1. The van der Waals surface area contributed by atoms with Crippen LogP contribution in [0.2, 0.25) is 0 Å². The van der Waals surface area contributed by atoms with Gasteiger partial charge in [-0.2, -0.15) is 5.10 Å². The van der Waals surface area contributed by atoms with Gasteiger partial charge in [0.1, 0.15) is 5.75 Å². The lowest BCUT2D eigenvalue weighted by Gasteiger charge is -2.08. The van der Waals surface area contributed by atoms with E-state index in [0.717, 1.165) is 24.4 Å². The second kappa shape index (κ2) is 8.88. The van der Waals surface area contributed by atoms with Crippen molar-refractivity contribution in [2.45, 2.75) is 13.5 Å². The number of carbonyl (C=O) groups excluding carboxylic acids is 1. The third-order valence-electron chi connectivity index (χ3n) is 3.31. The van der Waals surface area contributed by atoms with Crippen molar-refractivity contribution >= 4 is 17.7 Å². The molecule has 0 unspecified atom stereocenters. The zero-order valence-corrected chi connectivity index (χ0v) is 14.4. The van der Waals surface area contributed by atoms with Crippen molar-refractivity contribution < 1.29 is 9.53 Å². The van der Waals surface area contributed by atoms with E-state index in [-0.39, 0.29) is 5.91 Å². The number of para-hydroxylation sites is 1. The standard InChI is InChI=1S/C18H24N4O2/c1-4-24-17-8-6-5-7-15(17)9-10-18(23)20-16-13-19-22(14-16)12-11-21(2)3/h5-10,13-14H,4,11-12H2,1-3H3,(H,20,23). The number of amides is 1. The molecule has 1 amide bonds. The van der Waals surface area contributed by atoms with Gasteiger partial charge >= 0.3 is 0 Å². The molecule has 0 spiro atoms. The maximum absolute atomic E-state index is 12.0. The van der Waals surface area contributed by atoms with Gasteiger partial charge in [-0.25, -0.2) is 0 Å². The number of nitrogens with one attached hydrogen (secondary N) is 1. The van der Waals surface area contributed by atoms with Gasteiger partial charge < -0.3 is 15.0 Å². The predicted octanol–water partition coefficient (Wildman–Crippen LogP) is 2.50. The molecule has 0 aliphatic carbocycles. The largest absolute Gasteiger partial charge is 0.493 e. The molecule has 2 rings (SSSR count). The molecule has 1 aromatic carbocycles. The van der Waals surface area contributed by atoms with E-state index in [0.29, 0.717) is 12.3 Å². The number of rotatable bonds is 8. The fourth-order valence-electron chi connectivity index (χ4n) is 2.11. The minimum Gasteiger partial charge on any atom is -0.493 e. The average molecular weight is 328 g/mol. The van der Waals surface area contributed by atoms with Crippen LogP contribution in [-0.2, 0) is 11.3 Å². The molecule has 1 N–H and O–H groups in total. The van der Waals surface area contributed by atoms with Crippen molar-refractivity contribution in [3.8, 4) is 5.75 Å². The zero-order chi connectivity index (χ0) is 17.4. The molecule has 0 atom stereocenters. The summed E-state index contributed by atoms with van der Waals surface area (Å²) in [5.74, 6) is 0.564. The zero-order valence-electron chi connectivity index (χ0n) is 14.4. The number of hydrogen-bond acceptors (Lipinski definition) is 4. The quantitative estimate of drug-likeness (QED) is 0.757. The van der Waals surface area contributed by atoms with E-state index in [4.69, 9.17) is 4.74 Å². The van der Waals surface area contributed by atoms with Crippen LogP contribution in [0.15, 0.2) is 42.7 Å². The fraction of sp³-hybridized carbons (Fsp3) is 0.333. The summed E-state index contributed by atoms with van der Waals surface area (Å²) in [7, 11) is 4.02. The van der Waals surface area contributed by atoms with Gasteiger partial charge in [0.15, 0.2) is 0 Å². The number of nitrogens with zero attached hydrogens (tertiary/aromatic N) is 3. The second-order valence-electron chi connectivity index (χ2n) is 5.59. The van der Waals surface area contributed by atoms with Gasteiger partial charge in [0, 0.05) is 24.4 Å². The highest BCUT2D eigenvalue weighted by atomic mass is 16.5. The predicted molar refractivity (Wildman–Crippen MR) is 96.1 cm³/mol. The van der Waals surface area contributed by atoms with Gasteiger partial charge in [-0.1, -0.05) is 18.2 Å². The van der Waals surface area contributed by atoms with E-state index in [1.54, 1.807) is 12.3 Å². The van der Waals surface area contributed by atoms with E-state index in [1.807, 2.05) is 56.2 Å². The van der Waals surface area contributed by atoms with Crippen LogP contribution in [0, 0.1) is 0 Å². The van der Waals surface area contributed by atoms with E-state index in [2.05, 4.69) is 15.3 Å². The van der Waals surface area contributed by atoms with Crippen molar-refractivity contribution in [1.29, 1.82) is 0 Å². The van der Waals surface area contributed by atoms with E-state index >= 15 is 0 Å². The molecule has 1 heterocycles. The van der Waals surface area contributed by atoms with Gasteiger partial charge in [0.25, 0.3) is 0 Å². The molecule has 0 aliphatic rings. The first-order valence-corrected chi connectivity index (χ1v) is 7.96. The molecule has 6 nitrogen and oxygen atoms in total. The van der Waals surface area contributed by atoms with Gasteiger partial charge in [0.2, 0.25) is 5.91 Å². The van der Waals surface area contributed by atoms with Crippen LogP contribution in [0.4, 0.5) is 5.69 Å². The summed E-state index contributed by atoms with van der Waals surface area (Å²) in [5.41, 5.74) is 1.55. The number of anilines is 1. The minimum absolute atomic E-state index is 0.200. The average Bonchev–Trinajstić information content (AvgIpc) is 3.00. The summed E-state index contributed by atoms with van der Waals surface area (Å²) < 4.78 is 7.35. The van der Waals surface area contributed by atoms with Crippen molar-refractivity contribution in [1.82, 2.24) is 14.7 Å². The first-order valence-electron chi connectivity index (χ1n) is 7.96. The van der Waals surface area contributed by atoms with Crippen LogP contribution in [0.3, 0.4) is 0 Å². The normalized spacial score (nSPS) is 11.2. The number of ether oxygens (including phenoxy) is 1. The Hall–Kier alpha value is -2.60. The second-order valence-corrected chi connectivity index (χ2v) is 5.59. The smallest absolute Gasteiger partial charge is 0.248 e. The lowest BCUT2D eigenvalue weighted by molar-refractivity contribution is -0.111. The molecule has 0 aliphatic heterocycles. The highest BCUT2D eigenvalue weighted by molar-refractivity contribution is 6.01.